The quantitative estimate of drug-likeness (QED) is 0.759. The van der Waals surface area contributed by atoms with Crippen LogP contribution < -0.4 is 8.35 Å². The normalized spacial score (nSPS) is 12.6. The van der Waals surface area contributed by atoms with Crippen LogP contribution in [0.4, 0.5) is 0 Å². The maximum absolute atomic E-state index is 6.29. The standard InChI is InChI=1S/C10H14Cl2OTe/c1-3-13-9-5-7-10(8-6-9)14(11,12)4-2/h5-8H,3-4H2,1-2H3. The topological polar surface area (TPSA) is 9.23 Å². The van der Waals surface area contributed by atoms with Crippen molar-refractivity contribution in [2.75, 3.05) is 6.61 Å². The minimum absolute atomic E-state index is 0.682. The van der Waals surface area contributed by atoms with Crippen LogP contribution in [0, 0.1) is 0 Å². The second kappa shape index (κ2) is 5.47. The van der Waals surface area contributed by atoms with Crippen molar-refractivity contribution in [3.63, 3.8) is 0 Å². The van der Waals surface area contributed by atoms with E-state index in [-0.39, 0.29) is 0 Å². The molecule has 0 aliphatic heterocycles. The molecule has 1 aromatic carbocycles. The summed E-state index contributed by atoms with van der Waals surface area (Å²) in [5, 5.41) is 0. The van der Waals surface area contributed by atoms with Gasteiger partial charge in [-0.3, -0.25) is 0 Å². The average Bonchev–Trinajstić information content (AvgIpc) is 2.19. The molecule has 0 fully saturated rings. The van der Waals surface area contributed by atoms with Crippen LogP contribution in [-0.2, 0) is 0 Å². The first-order valence-electron chi connectivity index (χ1n) is 4.53. The fourth-order valence-electron chi connectivity index (χ4n) is 1.07. The zero-order valence-corrected chi connectivity index (χ0v) is 12.1. The number of halogens is 2. The Bertz CT molecular complexity index is 285. The van der Waals surface area contributed by atoms with Crippen molar-refractivity contribution in [1.82, 2.24) is 0 Å². The van der Waals surface area contributed by atoms with Crippen molar-refractivity contribution in [3.8, 4) is 5.75 Å². The maximum atomic E-state index is 6.29. The Morgan fingerprint density at radius 3 is 2.14 bits per heavy atom. The van der Waals surface area contributed by atoms with E-state index in [9.17, 15) is 0 Å². The summed E-state index contributed by atoms with van der Waals surface area (Å²) < 4.78 is 7.32. The Morgan fingerprint density at radius 2 is 1.71 bits per heavy atom. The molecule has 80 valence electrons. The van der Waals surface area contributed by atoms with Crippen LogP contribution in [-0.4, -0.2) is 22.5 Å². The SMILES string of the molecule is CCOc1ccc([Te](Cl)(Cl)CC)cc1. The number of rotatable bonds is 4. The zero-order chi connectivity index (χ0) is 10.6. The Kier molecular flexibility index (Phi) is 4.87. The predicted octanol–water partition coefficient (Wildman–Crippen LogP) is 3.23. The van der Waals surface area contributed by atoms with Gasteiger partial charge >= 0.3 is 97.2 Å². The van der Waals surface area contributed by atoms with Gasteiger partial charge in [-0.25, -0.2) is 0 Å². The summed E-state index contributed by atoms with van der Waals surface area (Å²) >= 11 is -2.73. The number of ether oxygens (including phenoxy) is 1. The van der Waals surface area contributed by atoms with E-state index in [1.807, 2.05) is 38.1 Å². The fraction of sp³-hybridized carbons (Fsp3) is 0.400. The van der Waals surface area contributed by atoms with Crippen molar-refractivity contribution in [1.29, 1.82) is 0 Å². The van der Waals surface area contributed by atoms with Gasteiger partial charge in [0.25, 0.3) is 0 Å². The van der Waals surface area contributed by atoms with Crippen LogP contribution in [0.5, 0.6) is 5.75 Å². The third-order valence-electron chi connectivity index (χ3n) is 1.84. The molecule has 1 aromatic rings. The van der Waals surface area contributed by atoms with Gasteiger partial charge in [0.05, 0.1) is 0 Å². The van der Waals surface area contributed by atoms with Gasteiger partial charge < -0.3 is 0 Å². The molecule has 1 nitrogen and oxygen atoms in total. The number of benzene rings is 1. The molecule has 0 spiro atoms. The molecule has 0 aliphatic carbocycles. The van der Waals surface area contributed by atoms with Crippen LogP contribution in [0.25, 0.3) is 0 Å². The summed E-state index contributed by atoms with van der Waals surface area (Å²) in [5.41, 5.74) is 0. The summed E-state index contributed by atoms with van der Waals surface area (Å²) in [6.07, 6.45) is 0. The van der Waals surface area contributed by atoms with Crippen LogP contribution in [0.1, 0.15) is 13.8 Å². The van der Waals surface area contributed by atoms with E-state index in [1.54, 1.807) is 0 Å². The van der Waals surface area contributed by atoms with Crippen LogP contribution in [0.15, 0.2) is 24.3 Å². The molecule has 0 saturated carbocycles. The molecule has 0 aromatic heterocycles. The molecule has 1 rings (SSSR count). The van der Waals surface area contributed by atoms with Crippen molar-refractivity contribution in [2.45, 2.75) is 18.3 Å². The van der Waals surface area contributed by atoms with Crippen molar-refractivity contribution in [2.24, 2.45) is 0 Å². The first kappa shape index (κ1) is 12.5. The van der Waals surface area contributed by atoms with Gasteiger partial charge in [0, 0.05) is 0 Å². The Morgan fingerprint density at radius 1 is 1.14 bits per heavy atom. The zero-order valence-electron chi connectivity index (χ0n) is 8.30. The number of hydrogen-bond acceptors (Lipinski definition) is 1. The van der Waals surface area contributed by atoms with Gasteiger partial charge in [-0.15, -0.1) is 0 Å². The third kappa shape index (κ3) is 3.21. The minimum atomic E-state index is -2.73. The van der Waals surface area contributed by atoms with Gasteiger partial charge in [0.1, 0.15) is 0 Å². The van der Waals surface area contributed by atoms with E-state index < -0.39 is 15.9 Å². The van der Waals surface area contributed by atoms with Crippen molar-refractivity contribution in [3.05, 3.63) is 24.3 Å². The molecule has 0 amide bonds. The van der Waals surface area contributed by atoms with Crippen molar-refractivity contribution >= 4 is 37.5 Å². The monoisotopic (exact) mass is 350 g/mol. The van der Waals surface area contributed by atoms with E-state index in [4.69, 9.17) is 22.7 Å². The van der Waals surface area contributed by atoms with Crippen LogP contribution in [0.2, 0.25) is 4.47 Å². The summed E-state index contributed by atoms with van der Waals surface area (Å²) in [7, 11) is 12.6. The molecule has 0 unspecified atom stereocenters. The molecule has 14 heavy (non-hydrogen) atoms. The third-order valence-corrected chi connectivity index (χ3v) is 12.0. The molecule has 0 aliphatic rings. The van der Waals surface area contributed by atoms with E-state index >= 15 is 0 Å². The van der Waals surface area contributed by atoms with Gasteiger partial charge in [0.2, 0.25) is 0 Å². The predicted molar refractivity (Wildman–Crippen MR) is 65.2 cm³/mol. The molecule has 0 bridgehead atoms. The Balaban J connectivity index is 2.82. The first-order chi connectivity index (χ1) is 6.60. The summed E-state index contributed by atoms with van der Waals surface area (Å²) in [6, 6.07) is 7.82. The Hall–Kier alpha value is 0.390. The molecule has 0 saturated heterocycles. The van der Waals surface area contributed by atoms with E-state index in [0.717, 1.165) is 13.8 Å². The average molecular weight is 349 g/mol. The second-order valence-corrected chi connectivity index (χ2v) is 17.2. The molecule has 0 heterocycles. The molecule has 0 N–H and O–H groups in total. The van der Waals surface area contributed by atoms with E-state index in [1.165, 1.54) is 0 Å². The van der Waals surface area contributed by atoms with Crippen LogP contribution >= 0.6 is 17.9 Å². The van der Waals surface area contributed by atoms with Gasteiger partial charge in [0.15, 0.2) is 0 Å². The van der Waals surface area contributed by atoms with Gasteiger partial charge in [-0.1, -0.05) is 0 Å². The molecular formula is C10H14Cl2OTe. The van der Waals surface area contributed by atoms with E-state index in [2.05, 4.69) is 0 Å². The molecular weight excluding hydrogens is 335 g/mol. The van der Waals surface area contributed by atoms with E-state index in [0.29, 0.717) is 6.61 Å². The second-order valence-electron chi connectivity index (χ2n) is 2.77. The number of hydrogen-bond donors (Lipinski definition) is 0. The summed E-state index contributed by atoms with van der Waals surface area (Å²) in [6.45, 7) is 4.69. The van der Waals surface area contributed by atoms with Gasteiger partial charge in [-0.05, 0) is 0 Å². The first-order valence-corrected chi connectivity index (χ1v) is 13.2. The fourth-order valence-corrected chi connectivity index (χ4v) is 4.92. The molecule has 0 atom stereocenters. The van der Waals surface area contributed by atoms with Gasteiger partial charge in [-0.2, -0.15) is 0 Å². The van der Waals surface area contributed by atoms with Crippen LogP contribution in [0.3, 0.4) is 0 Å². The Labute approximate surface area is 96.6 Å². The molecule has 0 radical (unpaired) electrons. The summed E-state index contributed by atoms with van der Waals surface area (Å²) in [4.78, 5) is 0. The molecule has 4 heteroatoms. The summed E-state index contributed by atoms with van der Waals surface area (Å²) in [5.74, 6) is 0.874. The van der Waals surface area contributed by atoms with Crippen molar-refractivity contribution < 1.29 is 4.74 Å².